The van der Waals surface area contributed by atoms with Crippen molar-refractivity contribution in [3.05, 3.63) is 71.5 Å². The number of carboxylic acid groups (broad SMARTS) is 1. The number of methoxy groups -OCH3 is 1. The average molecular weight is 968 g/mol. The first-order valence-electron chi connectivity index (χ1n) is 24.4. The van der Waals surface area contributed by atoms with Crippen molar-refractivity contribution in [1.82, 2.24) is 35.9 Å². The van der Waals surface area contributed by atoms with Gasteiger partial charge < -0.3 is 44.6 Å². The fraction of sp³-hybridized carbons (Fsp3) is 0.547. The number of benzene rings is 2. The van der Waals surface area contributed by atoms with Crippen LogP contribution < -0.4 is 26.1 Å². The molecule has 6 bridgehead atoms. The molecule has 4 heterocycles. The number of cyclic esters (lactones) is 1. The second kappa shape index (κ2) is 22.8. The molecule has 17 nitrogen and oxygen atoms in total. The summed E-state index contributed by atoms with van der Waals surface area (Å²) in [5.41, 5.74) is 8.85. The number of amides is 3. The summed E-state index contributed by atoms with van der Waals surface area (Å²) in [5, 5.41) is 20.9. The number of alkyl carbamates (subject to hydrolysis) is 1. The Kier molecular flexibility index (Phi) is 17.4. The molecule has 2 aromatic carbocycles. The third-order valence-electron chi connectivity index (χ3n) is 12.8. The number of fused-ring (bicyclic) bond motifs is 6. The number of likely N-dealkylation sites (N-methyl/N-ethyl adjacent to an activating group) is 1. The number of hydrazine groups is 1. The molecular formula is C53H73N7O10. The molecule has 70 heavy (non-hydrogen) atoms. The Balaban J connectivity index is 1.53. The quantitative estimate of drug-likeness (QED) is 0.0752. The number of hydrogen-bond acceptors (Lipinski definition) is 12. The maximum Gasteiger partial charge on any atom is 0.407 e. The number of carbonyl (C=O) groups excluding carboxylic acids is 4. The predicted octanol–water partition coefficient (Wildman–Crippen LogP) is 7.13. The van der Waals surface area contributed by atoms with Gasteiger partial charge in [0.25, 0.3) is 5.91 Å². The molecule has 3 amide bonds. The number of pyridine rings is 1. The smallest absolute Gasteiger partial charge is 0.407 e. The van der Waals surface area contributed by atoms with Crippen molar-refractivity contribution in [2.45, 2.75) is 143 Å². The summed E-state index contributed by atoms with van der Waals surface area (Å²) in [5.74, 6) is -1.99. The zero-order valence-corrected chi connectivity index (χ0v) is 42.7. The summed E-state index contributed by atoms with van der Waals surface area (Å²) >= 11 is 0. The predicted molar refractivity (Wildman–Crippen MR) is 267 cm³/mol. The van der Waals surface area contributed by atoms with Crippen LogP contribution in [0.1, 0.15) is 111 Å². The standard InChI is InChI=1S/C53H73N7O10/c1-12-59-43-18-17-34-27-39(43)40(47(59)38-15-13-20-55-46(38)32(4)67-11)29-53(8,9)30-69-50(65)41-16-14-21-60(58-41)49(64)42(57-48(63)45(54-10)31(2)3)25-33-23-35(34)26-37(24-33)68-22-19-36(28-44(61)62)56-51(66)70-52(5,6)7/h13,15,17-18,20,23-24,26-27,31-32,36,41-42,45,54,58H,12,14,16,19,21-22,25,28-30H2,1-11H3,(H,56,66)(H,57,63)(H,61,62)/t32-,36+,41-,42-,45-/m0/s1. The van der Waals surface area contributed by atoms with Crippen molar-refractivity contribution < 1.29 is 48.0 Å². The molecule has 2 aromatic heterocycles. The van der Waals surface area contributed by atoms with Gasteiger partial charge in [-0.25, -0.2) is 10.2 Å². The molecule has 4 aromatic rings. The number of carboxylic acids is 1. The van der Waals surface area contributed by atoms with E-state index >= 15 is 0 Å². The molecule has 0 unspecified atom stereocenters. The van der Waals surface area contributed by atoms with Crippen molar-refractivity contribution in [3.63, 3.8) is 0 Å². The topological polar surface area (TPSA) is 212 Å². The van der Waals surface area contributed by atoms with E-state index in [2.05, 4.69) is 64.9 Å². The Labute approximate surface area is 411 Å². The van der Waals surface area contributed by atoms with Gasteiger partial charge in [0.05, 0.1) is 43.2 Å². The van der Waals surface area contributed by atoms with E-state index in [4.69, 9.17) is 23.9 Å². The molecule has 380 valence electrons. The largest absolute Gasteiger partial charge is 0.493 e. The summed E-state index contributed by atoms with van der Waals surface area (Å²) < 4.78 is 26.1. The van der Waals surface area contributed by atoms with Gasteiger partial charge in [0.1, 0.15) is 23.4 Å². The molecule has 6 rings (SSSR count). The third-order valence-corrected chi connectivity index (χ3v) is 12.8. The molecule has 0 aliphatic carbocycles. The minimum atomic E-state index is -1.09. The molecule has 17 heteroatoms. The molecule has 0 saturated carbocycles. The highest BCUT2D eigenvalue weighted by Crippen LogP contribution is 2.42. The first kappa shape index (κ1) is 53.3. The lowest BCUT2D eigenvalue weighted by Gasteiger charge is -2.36. The highest BCUT2D eigenvalue weighted by molar-refractivity contribution is 5.96. The normalized spacial score (nSPS) is 18.9. The Morgan fingerprint density at radius 1 is 1.06 bits per heavy atom. The number of nitrogens with zero attached hydrogens (tertiary/aromatic N) is 3. The van der Waals surface area contributed by atoms with Crippen molar-refractivity contribution in [2.24, 2.45) is 11.3 Å². The van der Waals surface area contributed by atoms with Crippen LogP contribution in [0.3, 0.4) is 0 Å². The van der Waals surface area contributed by atoms with Crippen LogP contribution in [0.4, 0.5) is 4.79 Å². The van der Waals surface area contributed by atoms with E-state index in [0.29, 0.717) is 43.7 Å². The summed E-state index contributed by atoms with van der Waals surface area (Å²) in [6, 6.07) is 12.7. The summed E-state index contributed by atoms with van der Waals surface area (Å²) in [4.78, 5) is 72.1. The maximum absolute atomic E-state index is 14.7. The van der Waals surface area contributed by atoms with Gasteiger partial charge in [-0.3, -0.25) is 29.2 Å². The van der Waals surface area contributed by atoms with Crippen LogP contribution in [0.2, 0.25) is 0 Å². The van der Waals surface area contributed by atoms with E-state index in [0.717, 1.165) is 44.5 Å². The van der Waals surface area contributed by atoms with Crippen LogP contribution >= 0.6 is 0 Å². The SMILES string of the molecule is CCn1c(-c2cccnc2[C@H](C)OC)c2c3cc(ccc31)-c1cc(cc(OCC[C@H](CC(=O)O)NC(=O)OC(C)(C)C)c1)C[C@H](NC(=O)[C@@H](NC)C(C)C)C(=O)N1CCC[C@H](N1)C(=O)OCC(C)(C)C2. The summed E-state index contributed by atoms with van der Waals surface area (Å²) in [6.45, 7) is 18.3. The Hall–Kier alpha value is -6.04. The monoisotopic (exact) mass is 968 g/mol. The molecule has 5 N–H and O–H groups in total. The fourth-order valence-electron chi connectivity index (χ4n) is 9.39. The lowest BCUT2D eigenvalue weighted by atomic mass is 9.84. The van der Waals surface area contributed by atoms with Gasteiger partial charge in [0.2, 0.25) is 5.91 Å². The second-order valence-electron chi connectivity index (χ2n) is 20.6. The highest BCUT2D eigenvalue weighted by Gasteiger charge is 2.36. The van der Waals surface area contributed by atoms with Gasteiger partial charge in [-0.1, -0.05) is 39.8 Å². The maximum atomic E-state index is 14.7. The molecule has 0 spiro atoms. The summed E-state index contributed by atoms with van der Waals surface area (Å²) in [7, 11) is 3.37. The third kappa shape index (κ3) is 13.2. The molecule has 1 fully saturated rings. The number of carbonyl (C=O) groups is 5. The molecule has 2 aliphatic rings. The zero-order chi connectivity index (χ0) is 51.1. The number of aliphatic carboxylic acids is 1. The molecular weight excluding hydrogens is 895 g/mol. The minimum absolute atomic E-state index is 0.0253. The molecule has 0 radical (unpaired) electrons. The van der Waals surface area contributed by atoms with Crippen LogP contribution in [0.25, 0.3) is 33.3 Å². The number of ether oxygens (including phenoxy) is 4. The van der Waals surface area contributed by atoms with Gasteiger partial charge in [-0.2, -0.15) is 0 Å². The van der Waals surface area contributed by atoms with Gasteiger partial charge in [0, 0.05) is 67.2 Å². The number of rotatable bonds is 15. The van der Waals surface area contributed by atoms with Crippen LogP contribution in [-0.4, -0.2) is 113 Å². The number of esters is 1. The van der Waals surface area contributed by atoms with Crippen molar-refractivity contribution >= 4 is 40.7 Å². The minimum Gasteiger partial charge on any atom is -0.493 e. The lowest BCUT2D eigenvalue weighted by molar-refractivity contribution is -0.155. The van der Waals surface area contributed by atoms with Crippen LogP contribution in [0.15, 0.2) is 54.7 Å². The Bertz CT molecular complexity index is 2530. The second-order valence-corrected chi connectivity index (χ2v) is 20.6. The van der Waals surface area contributed by atoms with Gasteiger partial charge in [-0.05, 0) is 125 Å². The number of hydrogen-bond donors (Lipinski definition) is 5. The van der Waals surface area contributed by atoms with E-state index in [1.54, 1.807) is 41.1 Å². The van der Waals surface area contributed by atoms with Crippen molar-refractivity contribution in [2.75, 3.05) is 33.9 Å². The highest BCUT2D eigenvalue weighted by atomic mass is 16.6. The van der Waals surface area contributed by atoms with Crippen LogP contribution in [0.5, 0.6) is 5.75 Å². The van der Waals surface area contributed by atoms with E-state index < -0.39 is 59.1 Å². The average Bonchev–Trinajstić information content (AvgIpc) is 3.60. The first-order valence-corrected chi connectivity index (χ1v) is 24.4. The van der Waals surface area contributed by atoms with Crippen LogP contribution in [-0.2, 0) is 52.8 Å². The summed E-state index contributed by atoms with van der Waals surface area (Å²) in [6.07, 6.45) is 2.08. The molecule has 1 saturated heterocycles. The zero-order valence-electron chi connectivity index (χ0n) is 42.7. The fourth-order valence-corrected chi connectivity index (χ4v) is 9.39. The Morgan fingerprint density at radius 3 is 2.49 bits per heavy atom. The van der Waals surface area contributed by atoms with Crippen molar-refractivity contribution in [3.8, 4) is 28.1 Å². The van der Waals surface area contributed by atoms with Crippen LogP contribution in [0, 0.1) is 11.3 Å². The van der Waals surface area contributed by atoms with Crippen molar-refractivity contribution in [1.29, 1.82) is 0 Å². The van der Waals surface area contributed by atoms with E-state index in [9.17, 15) is 29.1 Å². The van der Waals surface area contributed by atoms with Gasteiger partial charge in [-0.15, -0.1) is 0 Å². The van der Waals surface area contributed by atoms with E-state index in [-0.39, 0.29) is 50.4 Å². The number of aryl methyl sites for hydroxylation is 1. The van der Waals surface area contributed by atoms with Gasteiger partial charge >= 0.3 is 18.0 Å². The number of nitrogens with one attached hydrogen (secondary N) is 4. The van der Waals surface area contributed by atoms with Gasteiger partial charge in [0.15, 0.2) is 0 Å². The number of aromatic nitrogens is 2. The van der Waals surface area contributed by atoms with E-state index in [1.807, 2.05) is 51.1 Å². The van der Waals surface area contributed by atoms with E-state index in [1.165, 1.54) is 5.01 Å². The molecule has 2 aliphatic heterocycles. The first-order chi connectivity index (χ1) is 33.1. The lowest BCUT2D eigenvalue weighted by Crippen LogP contribution is -2.61. The Morgan fingerprint density at radius 2 is 1.81 bits per heavy atom. The molecule has 5 atom stereocenters.